The van der Waals surface area contributed by atoms with E-state index in [0.717, 1.165) is 44.0 Å². The number of hydrogen-bond donors (Lipinski definition) is 0. The van der Waals surface area contributed by atoms with Gasteiger partial charge in [0.05, 0.1) is 18.0 Å². The van der Waals surface area contributed by atoms with Crippen molar-refractivity contribution < 1.29 is 23.8 Å². The molecule has 0 aliphatic carbocycles. The fraction of sp³-hybridized carbons (Fsp3) is 0.143. The van der Waals surface area contributed by atoms with Gasteiger partial charge in [-0.1, -0.05) is 46.3 Å². The van der Waals surface area contributed by atoms with E-state index >= 15 is 0 Å². The first kappa shape index (κ1) is 23.7. The molecular weight excluding hydrogens is 556 g/mol. The largest absolute Gasteiger partial charge is 0.492 e. The van der Waals surface area contributed by atoms with E-state index in [1.165, 1.54) is 4.90 Å². The lowest BCUT2D eigenvalue weighted by Gasteiger charge is -2.12. The number of benzene rings is 3. The van der Waals surface area contributed by atoms with Crippen LogP contribution >= 0.6 is 27.7 Å². The molecule has 2 amide bonds. The van der Waals surface area contributed by atoms with E-state index in [1.54, 1.807) is 0 Å². The molecule has 9 heteroatoms. The summed E-state index contributed by atoms with van der Waals surface area (Å²) >= 11 is 4.38. The third-order valence-corrected chi connectivity index (χ3v) is 7.61. The lowest BCUT2D eigenvalue weighted by molar-refractivity contribution is -0.123. The molecule has 2 aliphatic rings. The molecule has 0 spiro atoms. The third kappa shape index (κ3) is 4.84. The van der Waals surface area contributed by atoms with Crippen molar-refractivity contribution in [2.45, 2.75) is 13.1 Å². The molecule has 0 bridgehead atoms. The maximum atomic E-state index is 13.1. The Hall–Kier alpha value is -3.69. The number of rotatable bonds is 7. The number of halogens is 1. The zero-order valence-corrected chi connectivity index (χ0v) is 22.0. The summed E-state index contributed by atoms with van der Waals surface area (Å²) in [5.41, 5.74) is 2.80. The minimum absolute atomic E-state index is 0.223. The fourth-order valence-electron chi connectivity index (χ4n) is 4.35. The number of carbonyl (C=O) groups is 2. The van der Waals surface area contributed by atoms with Crippen LogP contribution in [-0.2, 0) is 17.9 Å². The Bertz CT molecular complexity index is 1550. The third-order valence-electron chi connectivity index (χ3n) is 6.18. The normalized spacial score (nSPS) is 15.8. The van der Waals surface area contributed by atoms with Gasteiger partial charge in [0.25, 0.3) is 11.1 Å². The summed E-state index contributed by atoms with van der Waals surface area (Å²) in [5.74, 6) is 1.83. The maximum absolute atomic E-state index is 13.1. The predicted molar refractivity (Wildman–Crippen MR) is 146 cm³/mol. The molecule has 0 unspecified atom stereocenters. The Kier molecular flexibility index (Phi) is 6.40. The molecule has 3 heterocycles. The number of para-hydroxylation sites is 1. The number of amides is 2. The van der Waals surface area contributed by atoms with E-state index in [0.29, 0.717) is 29.6 Å². The Labute approximate surface area is 225 Å². The second-order valence-electron chi connectivity index (χ2n) is 8.55. The maximum Gasteiger partial charge on any atom is 0.293 e. The molecule has 1 aromatic heterocycles. The summed E-state index contributed by atoms with van der Waals surface area (Å²) < 4.78 is 19.8. The molecule has 37 heavy (non-hydrogen) atoms. The first-order valence-electron chi connectivity index (χ1n) is 11.7. The molecular formula is C28H21BrN2O5S. The van der Waals surface area contributed by atoms with Crippen LogP contribution in [0.15, 0.2) is 82.3 Å². The van der Waals surface area contributed by atoms with Crippen molar-refractivity contribution >= 4 is 55.8 Å². The van der Waals surface area contributed by atoms with Crippen LogP contribution in [-0.4, -0.2) is 34.0 Å². The monoisotopic (exact) mass is 576 g/mol. The second-order valence-corrected chi connectivity index (χ2v) is 10.5. The molecule has 1 saturated heterocycles. The zero-order chi connectivity index (χ0) is 25.4. The highest BCUT2D eigenvalue weighted by molar-refractivity contribution is 9.10. The van der Waals surface area contributed by atoms with Gasteiger partial charge >= 0.3 is 0 Å². The molecule has 2 aliphatic heterocycles. The second kappa shape index (κ2) is 9.99. The van der Waals surface area contributed by atoms with Gasteiger partial charge in [-0.05, 0) is 53.7 Å². The van der Waals surface area contributed by atoms with Crippen LogP contribution < -0.4 is 14.2 Å². The topological polar surface area (TPSA) is 70.0 Å². The number of imide groups is 1. The van der Waals surface area contributed by atoms with Gasteiger partial charge in [0.1, 0.15) is 12.4 Å². The van der Waals surface area contributed by atoms with Crippen LogP contribution in [0.5, 0.6) is 17.2 Å². The van der Waals surface area contributed by atoms with Gasteiger partial charge in [0, 0.05) is 33.2 Å². The molecule has 4 aromatic rings. The lowest BCUT2D eigenvalue weighted by Crippen LogP contribution is -2.27. The molecule has 0 atom stereocenters. The average Bonchev–Trinajstić information content (AvgIpc) is 3.58. The summed E-state index contributed by atoms with van der Waals surface area (Å²) in [6.45, 7) is 1.52. The van der Waals surface area contributed by atoms with Crippen LogP contribution in [0.3, 0.4) is 0 Å². The van der Waals surface area contributed by atoms with Gasteiger partial charge in [-0.3, -0.25) is 14.5 Å². The van der Waals surface area contributed by atoms with Gasteiger partial charge < -0.3 is 18.8 Å². The summed E-state index contributed by atoms with van der Waals surface area (Å²) in [5, 5.41) is 0.741. The Morgan fingerprint density at radius 3 is 2.68 bits per heavy atom. The molecule has 0 saturated carbocycles. The van der Waals surface area contributed by atoms with Gasteiger partial charge in [0.15, 0.2) is 11.5 Å². The summed E-state index contributed by atoms with van der Waals surface area (Å²) in [6, 6.07) is 21.1. The molecule has 0 N–H and O–H groups in total. The average molecular weight is 577 g/mol. The lowest BCUT2D eigenvalue weighted by atomic mass is 10.1. The zero-order valence-electron chi connectivity index (χ0n) is 19.6. The molecule has 3 aromatic carbocycles. The van der Waals surface area contributed by atoms with Crippen molar-refractivity contribution in [1.82, 2.24) is 9.47 Å². The van der Waals surface area contributed by atoms with Gasteiger partial charge in [-0.15, -0.1) is 0 Å². The van der Waals surface area contributed by atoms with Crippen LogP contribution in [0.25, 0.3) is 17.0 Å². The van der Waals surface area contributed by atoms with Crippen molar-refractivity contribution in [3.63, 3.8) is 0 Å². The Morgan fingerprint density at radius 2 is 1.81 bits per heavy atom. The highest BCUT2D eigenvalue weighted by Gasteiger charge is 2.35. The molecule has 6 rings (SSSR count). The minimum atomic E-state index is -0.277. The van der Waals surface area contributed by atoms with E-state index in [-0.39, 0.29) is 24.5 Å². The smallest absolute Gasteiger partial charge is 0.293 e. The SMILES string of the molecule is O=C1S/C(=C\c2cn(CCOc3ccc4c(c3)OCO4)c3ccccc23)C(=O)N1Cc1ccc(Br)cc1. The van der Waals surface area contributed by atoms with E-state index in [9.17, 15) is 9.59 Å². The Morgan fingerprint density at radius 1 is 1.00 bits per heavy atom. The quantitative estimate of drug-likeness (QED) is 0.235. The highest BCUT2D eigenvalue weighted by atomic mass is 79.9. The van der Waals surface area contributed by atoms with Gasteiger partial charge in [-0.2, -0.15) is 0 Å². The van der Waals surface area contributed by atoms with E-state index in [2.05, 4.69) is 20.5 Å². The van der Waals surface area contributed by atoms with Crippen LogP contribution in [0.2, 0.25) is 0 Å². The summed E-state index contributed by atoms with van der Waals surface area (Å²) in [7, 11) is 0. The number of aromatic nitrogens is 1. The number of nitrogens with zero attached hydrogens (tertiary/aromatic N) is 2. The number of fused-ring (bicyclic) bond motifs is 2. The van der Waals surface area contributed by atoms with E-state index < -0.39 is 0 Å². The molecule has 7 nitrogen and oxygen atoms in total. The molecule has 186 valence electrons. The van der Waals surface area contributed by atoms with E-state index in [1.807, 2.05) is 79.0 Å². The van der Waals surface area contributed by atoms with Gasteiger partial charge in [-0.25, -0.2) is 0 Å². The number of thioether (sulfide) groups is 1. The summed E-state index contributed by atoms with van der Waals surface area (Å²) in [4.78, 5) is 27.5. The number of hydrogen-bond acceptors (Lipinski definition) is 6. The number of carbonyl (C=O) groups excluding carboxylic acids is 2. The Balaban J connectivity index is 1.20. The standard InChI is InChI=1S/C28H21BrN2O5S/c29-20-7-5-18(6-8-20)15-31-27(32)26(37-28(31)33)13-19-16-30(23-4-2-1-3-22(19)23)11-12-34-21-9-10-24-25(14-21)36-17-35-24/h1-10,13-14,16H,11-12,15,17H2/b26-13-. The van der Waals surface area contributed by atoms with Crippen molar-refractivity contribution in [2.24, 2.45) is 0 Å². The van der Waals surface area contributed by atoms with Crippen molar-refractivity contribution in [1.29, 1.82) is 0 Å². The van der Waals surface area contributed by atoms with Crippen LogP contribution in [0, 0.1) is 0 Å². The molecule has 1 fully saturated rings. The van der Waals surface area contributed by atoms with E-state index in [4.69, 9.17) is 14.2 Å². The number of ether oxygens (including phenoxy) is 3. The predicted octanol–water partition coefficient (Wildman–Crippen LogP) is 6.45. The minimum Gasteiger partial charge on any atom is -0.492 e. The highest BCUT2D eigenvalue weighted by Crippen LogP contribution is 2.36. The summed E-state index contributed by atoms with van der Waals surface area (Å²) in [6.07, 6.45) is 3.81. The van der Waals surface area contributed by atoms with Crippen molar-refractivity contribution in [3.05, 3.63) is 93.4 Å². The van der Waals surface area contributed by atoms with Crippen LogP contribution in [0.4, 0.5) is 4.79 Å². The first-order valence-corrected chi connectivity index (χ1v) is 13.3. The van der Waals surface area contributed by atoms with Gasteiger partial charge in [0.2, 0.25) is 6.79 Å². The van der Waals surface area contributed by atoms with Crippen LogP contribution in [0.1, 0.15) is 11.1 Å². The van der Waals surface area contributed by atoms with Crippen molar-refractivity contribution in [2.75, 3.05) is 13.4 Å². The first-order chi connectivity index (χ1) is 18.0. The van der Waals surface area contributed by atoms with Crippen molar-refractivity contribution in [3.8, 4) is 17.2 Å². The molecule has 0 radical (unpaired) electrons. The fourth-order valence-corrected chi connectivity index (χ4v) is 5.45.